The molecule has 8 heteroatoms. The summed E-state index contributed by atoms with van der Waals surface area (Å²) in [5, 5.41) is 8.55. The van der Waals surface area contributed by atoms with E-state index in [0.29, 0.717) is 15.4 Å². The minimum Gasteiger partial charge on any atom is -0.478 e. The van der Waals surface area contributed by atoms with Gasteiger partial charge in [0, 0.05) is 13.1 Å². The number of sulfonamides is 1. The second-order valence-electron chi connectivity index (χ2n) is 4.37. The highest BCUT2D eigenvalue weighted by atomic mass is 32.2. The number of hydrogen-bond donors (Lipinski definition) is 1. The third-order valence-electron chi connectivity index (χ3n) is 2.75. The molecule has 0 aliphatic rings. The molecule has 1 rings (SSSR count). The van der Waals surface area contributed by atoms with E-state index < -0.39 is 29.0 Å². The minimum absolute atomic E-state index is 0.115. The van der Waals surface area contributed by atoms with Crippen LogP contribution in [0.4, 0.5) is 8.78 Å². The van der Waals surface area contributed by atoms with E-state index in [-0.39, 0.29) is 4.90 Å². The van der Waals surface area contributed by atoms with Crippen molar-refractivity contribution in [1.82, 2.24) is 4.31 Å². The Labute approximate surface area is 121 Å². The molecule has 116 valence electrons. The highest BCUT2D eigenvalue weighted by Crippen LogP contribution is 2.20. The molecule has 1 aromatic carbocycles. The Hall–Kier alpha value is -1.80. The van der Waals surface area contributed by atoms with Crippen LogP contribution in [0.3, 0.4) is 0 Å². The molecular weight excluding hydrogens is 304 g/mol. The molecule has 1 N–H and O–H groups in total. The third kappa shape index (κ3) is 4.61. The van der Waals surface area contributed by atoms with Crippen LogP contribution in [0.25, 0.3) is 6.08 Å². The fraction of sp³-hybridized carbons (Fsp3) is 0.308. The van der Waals surface area contributed by atoms with Gasteiger partial charge in [-0.3, -0.25) is 0 Å². The van der Waals surface area contributed by atoms with E-state index in [0.717, 1.165) is 13.1 Å². The molecule has 0 amide bonds. The van der Waals surface area contributed by atoms with Crippen molar-refractivity contribution in [2.24, 2.45) is 0 Å². The van der Waals surface area contributed by atoms with Gasteiger partial charge in [-0.05, 0) is 36.3 Å². The third-order valence-corrected chi connectivity index (χ3v) is 4.57. The lowest BCUT2D eigenvalue weighted by Crippen LogP contribution is -2.31. The van der Waals surface area contributed by atoms with Crippen LogP contribution in [0.2, 0.25) is 0 Å². The molecule has 0 saturated carbocycles. The van der Waals surface area contributed by atoms with Gasteiger partial charge in [-0.2, -0.15) is 4.31 Å². The van der Waals surface area contributed by atoms with E-state index in [4.69, 9.17) is 5.11 Å². The molecule has 0 saturated heterocycles. The van der Waals surface area contributed by atoms with Gasteiger partial charge in [-0.15, -0.1) is 0 Å². The lowest BCUT2D eigenvalue weighted by Gasteiger charge is -2.17. The van der Waals surface area contributed by atoms with E-state index in [1.807, 2.05) is 0 Å². The number of carboxylic acid groups (broad SMARTS) is 1. The first-order valence-electron chi connectivity index (χ1n) is 5.90. The topological polar surface area (TPSA) is 74.7 Å². The molecule has 0 spiro atoms. The van der Waals surface area contributed by atoms with E-state index in [2.05, 4.69) is 0 Å². The molecule has 0 heterocycles. The molecule has 5 nitrogen and oxygen atoms in total. The summed E-state index contributed by atoms with van der Waals surface area (Å²) in [4.78, 5) is 10.3. The van der Waals surface area contributed by atoms with Crippen LogP contribution in [-0.2, 0) is 14.8 Å². The van der Waals surface area contributed by atoms with Gasteiger partial charge in [0.15, 0.2) is 0 Å². The van der Waals surface area contributed by atoms with E-state index in [1.54, 1.807) is 6.92 Å². The van der Waals surface area contributed by atoms with Gasteiger partial charge in [-0.25, -0.2) is 22.0 Å². The van der Waals surface area contributed by atoms with Crippen molar-refractivity contribution >= 4 is 22.1 Å². The van der Waals surface area contributed by atoms with E-state index in [9.17, 15) is 22.0 Å². The predicted molar refractivity (Wildman–Crippen MR) is 73.7 cm³/mol. The predicted octanol–water partition coefficient (Wildman–Crippen LogP) is 1.98. The van der Waals surface area contributed by atoms with Crippen molar-refractivity contribution in [2.45, 2.75) is 18.2 Å². The van der Waals surface area contributed by atoms with Gasteiger partial charge >= 0.3 is 5.97 Å². The number of rotatable bonds is 6. The number of halogens is 2. The number of aliphatic carboxylic acids is 1. The Morgan fingerprint density at radius 2 is 2.05 bits per heavy atom. The molecule has 0 fully saturated rings. The van der Waals surface area contributed by atoms with Crippen LogP contribution in [0.1, 0.15) is 11.1 Å². The average molecular weight is 319 g/mol. The van der Waals surface area contributed by atoms with E-state index >= 15 is 0 Å². The zero-order valence-electron chi connectivity index (χ0n) is 11.5. The van der Waals surface area contributed by atoms with Gasteiger partial charge < -0.3 is 5.11 Å². The Morgan fingerprint density at radius 1 is 1.43 bits per heavy atom. The zero-order chi connectivity index (χ0) is 16.2. The number of alkyl halides is 2. The van der Waals surface area contributed by atoms with Gasteiger partial charge in [0.05, 0.1) is 11.4 Å². The van der Waals surface area contributed by atoms with Crippen LogP contribution < -0.4 is 0 Å². The van der Waals surface area contributed by atoms with Crippen LogP contribution in [-0.4, -0.2) is 43.8 Å². The number of aryl methyl sites for hydroxylation is 1. The highest BCUT2D eigenvalue weighted by molar-refractivity contribution is 7.89. The second kappa shape index (κ2) is 6.77. The van der Waals surface area contributed by atoms with Crippen LogP contribution in [0.15, 0.2) is 29.2 Å². The molecule has 0 aliphatic carbocycles. The molecule has 0 atom stereocenters. The normalized spacial score (nSPS) is 12.5. The quantitative estimate of drug-likeness (QED) is 0.814. The summed E-state index contributed by atoms with van der Waals surface area (Å²) in [6.07, 6.45) is -0.500. The summed E-state index contributed by atoms with van der Waals surface area (Å²) >= 11 is 0. The van der Waals surface area contributed by atoms with Gasteiger partial charge in [0.2, 0.25) is 10.0 Å². The number of carbonyl (C=O) groups is 1. The lowest BCUT2D eigenvalue weighted by atomic mass is 10.1. The van der Waals surface area contributed by atoms with Crippen LogP contribution in [0.5, 0.6) is 0 Å². The first kappa shape index (κ1) is 17.3. The minimum atomic E-state index is -3.99. The van der Waals surface area contributed by atoms with Crippen LogP contribution in [0, 0.1) is 6.92 Å². The van der Waals surface area contributed by atoms with Crippen molar-refractivity contribution in [3.63, 3.8) is 0 Å². The maximum absolute atomic E-state index is 12.3. The summed E-state index contributed by atoms with van der Waals surface area (Å²) in [5.74, 6) is -1.12. The lowest BCUT2D eigenvalue weighted by molar-refractivity contribution is -0.131. The van der Waals surface area contributed by atoms with Gasteiger partial charge in [0.1, 0.15) is 0 Å². The Balaban J connectivity index is 3.11. The smallest absolute Gasteiger partial charge is 0.328 e. The molecular formula is C13H15F2NO4S. The van der Waals surface area contributed by atoms with Crippen molar-refractivity contribution < 1.29 is 27.1 Å². The SMILES string of the molecule is Cc1cc(S(=O)(=O)N(C)CC(F)F)ccc1/C=C/C(=O)O. The van der Waals surface area contributed by atoms with Crippen LogP contribution >= 0.6 is 0 Å². The second-order valence-corrected chi connectivity index (χ2v) is 6.41. The van der Waals surface area contributed by atoms with E-state index in [1.165, 1.54) is 24.3 Å². The number of nitrogens with zero attached hydrogens (tertiary/aromatic N) is 1. The Morgan fingerprint density at radius 3 is 2.52 bits per heavy atom. The van der Waals surface area contributed by atoms with Gasteiger partial charge in [-0.1, -0.05) is 6.07 Å². The number of carboxylic acids is 1. The molecule has 0 unspecified atom stereocenters. The van der Waals surface area contributed by atoms with Crippen molar-refractivity contribution in [3.05, 3.63) is 35.4 Å². The fourth-order valence-corrected chi connectivity index (χ4v) is 2.86. The standard InChI is InChI=1S/C13H15F2NO4S/c1-9-7-11(5-3-10(9)4-6-13(17)18)21(19,20)16(2)8-12(14)15/h3-7,12H,8H2,1-2H3,(H,17,18)/b6-4+. The zero-order valence-corrected chi connectivity index (χ0v) is 12.3. The molecule has 0 radical (unpaired) electrons. The summed E-state index contributed by atoms with van der Waals surface area (Å²) in [5.41, 5.74) is 1.06. The molecule has 0 aliphatic heterocycles. The van der Waals surface area contributed by atoms with Crippen molar-refractivity contribution in [1.29, 1.82) is 0 Å². The summed E-state index contributed by atoms with van der Waals surface area (Å²) in [6.45, 7) is 0.718. The molecule has 21 heavy (non-hydrogen) atoms. The first-order valence-corrected chi connectivity index (χ1v) is 7.34. The summed E-state index contributed by atoms with van der Waals surface area (Å²) in [7, 11) is -2.91. The Bertz CT molecular complexity index is 656. The average Bonchev–Trinajstić information content (AvgIpc) is 2.36. The first-order chi connectivity index (χ1) is 9.64. The summed E-state index contributed by atoms with van der Waals surface area (Å²) < 4.78 is 49.3. The highest BCUT2D eigenvalue weighted by Gasteiger charge is 2.23. The van der Waals surface area contributed by atoms with Crippen molar-refractivity contribution in [2.75, 3.05) is 13.6 Å². The van der Waals surface area contributed by atoms with Gasteiger partial charge in [0.25, 0.3) is 6.43 Å². The molecule has 0 aromatic heterocycles. The maximum Gasteiger partial charge on any atom is 0.328 e. The fourth-order valence-electron chi connectivity index (χ4n) is 1.63. The molecule has 1 aromatic rings. The molecule has 0 bridgehead atoms. The number of benzene rings is 1. The largest absolute Gasteiger partial charge is 0.478 e. The van der Waals surface area contributed by atoms with Crippen molar-refractivity contribution in [3.8, 4) is 0 Å². The Kier molecular flexibility index (Phi) is 5.56. The summed E-state index contributed by atoms with van der Waals surface area (Å²) in [6, 6.07) is 4.00. The maximum atomic E-state index is 12.3. The number of hydrogen-bond acceptors (Lipinski definition) is 3. The monoisotopic (exact) mass is 319 g/mol.